The molecular formula is C14H19Cl2NO2. The summed E-state index contributed by atoms with van der Waals surface area (Å²) in [4.78, 5) is 2.38. The molecule has 0 amide bonds. The molecule has 0 spiro atoms. The first kappa shape index (κ1) is 14.8. The number of nitrogens with zero attached hydrogens (tertiary/aromatic N) is 1. The van der Waals surface area contributed by atoms with E-state index in [0.717, 1.165) is 6.42 Å². The van der Waals surface area contributed by atoms with E-state index in [2.05, 4.69) is 11.9 Å². The third-order valence-corrected chi connectivity index (χ3v) is 4.06. The number of hydrogen-bond donors (Lipinski definition) is 0. The van der Waals surface area contributed by atoms with Crippen LogP contribution < -0.4 is 9.47 Å². The minimum Gasteiger partial charge on any atom is -0.491 e. The monoisotopic (exact) mass is 303 g/mol. The SMILES string of the molecule is COc1c(Cl)cc(Cl)cc1OCCC1CCCN1C. The second-order valence-electron chi connectivity index (χ2n) is 4.83. The summed E-state index contributed by atoms with van der Waals surface area (Å²) in [6, 6.07) is 4.00. The highest BCUT2D eigenvalue weighted by molar-refractivity contribution is 6.35. The largest absolute Gasteiger partial charge is 0.491 e. The van der Waals surface area contributed by atoms with Crippen LogP contribution in [0.1, 0.15) is 19.3 Å². The summed E-state index contributed by atoms with van der Waals surface area (Å²) in [7, 11) is 3.74. The Morgan fingerprint density at radius 1 is 1.37 bits per heavy atom. The smallest absolute Gasteiger partial charge is 0.179 e. The quantitative estimate of drug-likeness (QED) is 0.824. The molecule has 0 N–H and O–H groups in total. The van der Waals surface area contributed by atoms with E-state index in [4.69, 9.17) is 32.7 Å². The Hall–Kier alpha value is -0.640. The van der Waals surface area contributed by atoms with E-state index in [1.54, 1.807) is 19.2 Å². The first-order valence-corrected chi connectivity index (χ1v) is 7.23. The molecule has 3 nitrogen and oxygen atoms in total. The molecule has 1 aromatic carbocycles. The number of halogens is 2. The predicted octanol–water partition coefficient (Wildman–Crippen LogP) is 3.87. The average molecular weight is 304 g/mol. The van der Waals surface area contributed by atoms with E-state index in [9.17, 15) is 0 Å². The summed E-state index contributed by atoms with van der Waals surface area (Å²) in [5, 5.41) is 1.03. The fourth-order valence-electron chi connectivity index (χ4n) is 2.49. The highest BCUT2D eigenvalue weighted by atomic mass is 35.5. The Labute approximate surface area is 124 Å². The van der Waals surface area contributed by atoms with Crippen LogP contribution in [0.25, 0.3) is 0 Å². The van der Waals surface area contributed by atoms with Crippen LogP contribution in [0.15, 0.2) is 12.1 Å². The third-order valence-electron chi connectivity index (χ3n) is 3.56. The van der Waals surface area contributed by atoms with Gasteiger partial charge in [0, 0.05) is 17.1 Å². The van der Waals surface area contributed by atoms with Crippen molar-refractivity contribution in [2.75, 3.05) is 27.3 Å². The zero-order valence-corrected chi connectivity index (χ0v) is 12.8. The van der Waals surface area contributed by atoms with Crippen LogP contribution in [0.2, 0.25) is 10.0 Å². The van der Waals surface area contributed by atoms with Crippen LogP contribution in [0.4, 0.5) is 0 Å². The highest BCUT2D eigenvalue weighted by Crippen LogP contribution is 2.38. The number of methoxy groups -OCH3 is 1. The summed E-state index contributed by atoms with van der Waals surface area (Å²) in [6.07, 6.45) is 3.52. The third kappa shape index (κ3) is 3.68. The molecule has 0 bridgehead atoms. The van der Waals surface area contributed by atoms with Gasteiger partial charge in [0.25, 0.3) is 0 Å². The van der Waals surface area contributed by atoms with Crippen LogP contribution >= 0.6 is 23.2 Å². The zero-order valence-electron chi connectivity index (χ0n) is 11.3. The molecule has 0 radical (unpaired) electrons. The Morgan fingerprint density at radius 2 is 2.16 bits per heavy atom. The van der Waals surface area contributed by atoms with E-state index in [1.807, 2.05) is 0 Å². The summed E-state index contributed by atoms with van der Waals surface area (Å²) in [6.45, 7) is 1.82. The molecule has 0 aromatic heterocycles. The van der Waals surface area contributed by atoms with Gasteiger partial charge in [0.05, 0.1) is 18.7 Å². The van der Waals surface area contributed by atoms with Gasteiger partial charge >= 0.3 is 0 Å². The summed E-state index contributed by atoms with van der Waals surface area (Å²) in [5.74, 6) is 1.16. The predicted molar refractivity (Wildman–Crippen MR) is 78.8 cm³/mol. The van der Waals surface area contributed by atoms with Crippen molar-refractivity contribution in [3.8, 4) is 11.5 Å². The minimum absolute atomic E-state index is 0.475. The van der Waals surface area contributed by atoms with Crippen molar-refractivity contribution in [3.05, 3.63) is 22.2 Å². The lowest BCUT2D eigenvalue weighted by molar-refractivity contribution is 0.227. The lowest BCUT2D eigenvalue weighted by Gasteiger charge is -2.20. The summed E-state index contributed by atoms with van der Waals surface area (Å²) in [5.41, 5.74) is 0. The molecule has 1 aromatic rings. The molecule has 1 heterocycles. The van der Waals surface area contributed by atoms with Crippen molar-refractivity contribution in [1.82, 2.24) is 4.90 Å². The molecule has 0 aliphatic carbocycles. The molecule has 1 atom stereocenters. The number of rotatable bonds is 5. The summed E-state index contributed by atoms with van der Waals surface area (Å²) >= 11 is 12.0. The molecule has 1 aliphatic rings. The number of ether oxygens (including phenoxy) is 2. The first-order valence-electron chi connectivity index (χ1n) is 6.48. The Balaban J connectivity index is 1.95. The van der Waals surface area contributed by atoms with Crippen LogP contribution in [-0.4, -0.2) is 38.3 Å². The van der Waals surface area contributed by atoms with Gasteiger partial charge in [-0.15, -0.1) is 0 Å². The minimum atomic E-state index is 0.475. The topological polar surface area (TPSA) is 21.7 Å². The van der Waals surface area contributed by atoms with E-state index in [1.165, 1.54) is 19.4 Å². The molecule has 1 unspecified atom stereocenters. The maximum Gasteiger partial charge on any atom is 0.179 e. The van der Waals surface area contributed by atoms with Gasteiger partial charge in [-0.25, -0.2) is 0 Å². The molecule has 1 fully saturated rings. The van der Waals surface area contributed by atoms with Gasteiger partial charge in [0.15, 0.2) is 11.5 Å². The van der Waals surface area contributed by atoms with Crippen molar-refractivity contribution in [1.29, 1.82) is 0 Å². The normalized spacial score (nSPS) is 19.7. The second-order valence-corrected chi connectivity index (χ2v) is 5.68. The molecule has 0 saturated carbocycles. The van der Waals surface area contributed by atoms with Gasteiger partial charge in [-0.1, -0.05) is 23.2 Å². The Kier molecular flexibility index (Phi) is 5.20. The van der Waals surface area contributed by atoms with Crippen molar-refractivity contribution in [2.45, 2.75) is 25.3 Å². The fraction of sp³-hybridized carbons (Fsp3) is 0.571. The second kappa shape index (κ2) is 6.69. The Morgan fingerprint density at radius 3 is 2.79 bits per heavy atom. The van der Waals surface area contributed by atoms with Crippen molar-refractivity contribution < 1.29 is 9.47 Å². The van der Waals surface area contributed by atoms with Gasteiger partial charge in [0.2, 0.25) is 0 Å². The van der Waals surface area contributed by atoms with Gasteiger partial charge in [-0.05, 0) is 38.9 Å². The average Bonchev–Trinajstić information content (AvgIpc) is 2.75. The van der Waals surface area contributed by atoms with Crippen LogP contribution in [0, 0.1) is 0 Å². The molecule has 2 rings (SSSR count). The lowest BCUT2D eigenvalue weighted by Crippen LogP contribution is -2.26. The van der Waals surface area contributed by atoms with Crippen LogP contribution in [0.3, 0.4) is 0 Å². The maximum atomic E-state index is 6.07. The van der Waals surface area contributed by atoms with E-state index in [0.29, 0.717) is 34.2 Å². The standard InChI is InChI=1S/C14H19Cl2NO2/c1-17-6-3-4-11(17)5-7-19-13-9-10(15)8-12(16)14(13)18-2/h8-9,11H,3-7H2,1-2H3. The van der Waals surface area contributed by atoms with Crippen LogP contribution in [-0.2, 0) is 0 Å². The highest BCUT2D eigenvalue weighted by Gasteiger charge is 2.20. The zero-order chi connectivity index (χ0) is 13.8. The van der Waals surface area contributed by atoms with Gasteiger partial charge in [-0.2, -0.15) is 0 Å². The molecule has 106 valence electrons. The molecular weight excluding hydrogens is 285 g/mol. The number of likely N-dealkylation sites (tertiary alicyclic amines) is 1. The lowest BCUT2D eigenvalue weighted by atomic mass is 10.1. The number of benzene rings is 1. The van der Waals surface area contributed by atoms with E-state index in [-0.39, 0.29) is 0 Å². The number of hydrogen-bond acceptors (Lipinski definition) is 3. The van der Waals surface area contributed by atoms with Crippen molar-refractivity contribution in [3.63, 3.8) is 0 Å². The Bertz CT molecular complexity index is 440. The molecule has 19 heavy (non-hydrogen) atoms. The van der Waals surface area contributed by atoms with E-state index >= 15 is 0 Å². The summed E-state index contributed by atoms with van der Waals surface area (Å²) < 4.78 is 11.0. The maximum absolute atomic E-state index is 6.07. The van der Waals surface area contributed by atoms with Gasteiger partial charge < -0.3 is 14.4 Å². The molecule has 1 aliphatic heterocycles. The fourth-order valence-corrected chi connectivity index (χ4v) is 3.04. The van der Waals surface area contributed by atoms with E-state index < -0.39 is 0 Å². The van der Waals surface area contributed by atoms with Crippen molar-refractivity contribution >= 4 is 23.2 Å². The van der Waals surface area contributed by atoms with Gasteiger partial charge in [0.1, 0.15) is 0 Å². The van der Waals surface area contributed by atoms with Crippen LogP contribution in [0.5, 0.6) is 11.5 Å². The van der Waals surface area contributed by atoms with Crippen molar-refractivity contribution in [2.24, 2.45) is 0 Å². The molecule has 5 heteroatoms. The first-order chi connectivity index (χ1) is 9.11. The molecule has 1 saturated heterocycles. The van der Waals surface area contributed by atoms with Gasteiger partial charge in [-0.3, -0.25) is 0 Å².